The van der Waals surface area contributed by atoms with E-state index in [1.807, 2.05) is 0 Å². The van der Waals surface area contributed by atoms with Crippen molar-refractivity contribution in [2.24, 2.45) is 28.4 Å². The van der Waals surface area contributed by atoms with Crippen LogP contribution in [0.15, 0.2) is 5.10 Å². The molecule has 4 amide bonds. The lowest BCUT2D eigenvalue weighted by Gasteiger charge is -2.35. The molecule has 0 heterocycles. The standard InChI is InChI=1S/C11H22N6O2/c1-3-7-4-6(2)9(15-17-11(13)19)8(5-7)14-16-10(12)18/h6-7,9,15H,3-5H2,1-2H3,(H3,12,16,18)(H3,13,17,19)/b14-8+/t6-,7+,9-/m0/s1. The average Bonchev–Trinajstić information content (AvgIpc) is 2.34. The number of hydrogen-bond acceptors (Lipinski definition) is 4. The first-order valence-electron chi connectivity index (χ1n) is 6.36. The quantitative estimate of drug-likeness (QED) is 0.460. The Morgan fingerprint density at radius 3 is 2.58 bits per heavy atom. The van der Waals surface area contributed by atoms with E-state index in [0.29, 0.717) is 5.92 Å². The van der Waals surface area contributed by atoms with E-state index in [0.717, 1.165) is 25.0 Å². The van der Waals surface area contributed by atoms with Crippen LogP contribution < -0.4 is 27.7 Å². The zero-order valence-electron chi connectivity index (χ0n) is 11.3. The summed E-state index contributed by atoms with van der Waals surface area (Å²) >= 11 is 0. The Hall–Kier alpha value is -1.83. The number of hydrogen-bond donors (Lipinski definition) is 5. The van der Waals surface area contributed by atoms with Crippen molar-refractivity contribution in [3.63, 3.8) is 0 Å². The Kier molecular flexibility index (Phi) is 5.56. The molecule has 0 spiro atoms. The van der Waals surface area contributed by atoms with Crippen molar-refractivity contribution in [3.05, 3.63) is 0 Å². The van der Waals surface area contributed by atoms with Gasteiger partial charge >= 0.3 is 12.1 Å². The summed E-state index contributed by atoms with van der Waals surface area (Å²) in [6.45, 7) is 4.17. The van der Waals surface area contributed by atoms with E-state index < -0.39 is 12.1 Å². The summed E-state index contributed by atoms with van der Waals surface area (Å²) in [6, 6.07) is -1.53. The molecule has 0 aromatic rings. The van der Waals surface area contributed by atoms with Gasteiger partial charge < -0.3 is 11.5 Å². The van der Waals surface area contributed by atoms with Gasteiger partial charge in [-0.05, 0) is 24.7 Å². The fourth-order valence-electron chi connectivity index (χ4n) is 2.42. The van der Waals surface area contributed by atoms with Gasteiger partial charge in [-0.2, -0.15) is 5.10 Å². The summed E-state index contributed by atoms with van der Waals surface area (Å²) in [7, 11) is 0. The fourth-order valence-corrected chi connectivity index (χ4v) is 2.42. The molecule has 0 saturated heterocycles. The maximum atomic E-state index is 10.8. The number of carbonyl (C=O) groups is 2. The number of nitrogens with two attached hydrogens (primary N) is 2. The first-order chi connectivity index (χ1) is 8.93. The minimum Gasteiger partial charge on any atom is -0.351 e. The lowest BCUT2D eigenvalue weighted by molar-refractivity contribution is 0.236. The molecule has 1 aliphatic carbocycles. The van der Waals surface area contributed by atoms with Crippen LogP contribution in [0, 0.1) is 11.8 Å². The smallest absolute Gasteiger partial charge is 0.332 e. The Labute approximate surface area is 112 Å². The van der Waals surface area contributed by atoms with Gasteiger partial charge in [0, 0.05) is 0 Å². The Morgan fingerprint density at radius 2 is 2.05 bits per heavy atom. The predicted molar refractivity (Wildman–Crippen MR) is 72.0 cm³/mol. The Balaban J connectivity index is 2.78. The molecule has 0 aliphatic heterocycles. The number of hydrazone groups is 1. The van der Waals surface area contributed by atoms with Crippen molar-refractivity contribution in [2.75, 3.05) is 0 Å². The molecule has 1 rings (SSSR count). The molecule has 0 bridgehead atoms. The molecule has 7 N–H and O–H groups in total. The van der Waals surface area contributed by atoms with E-state index in [4.69, 9.17) is 11.5 Å². The minimum atomic E-state index is -0.708. The van der Waals surface area contributed by atoms with Gasteiger partial charge in [-0.3, -0.25) is 5.43 Å². The zero-order chi connectivity index (χ0) is 14.4. The topological polar surface area (TPSA) is 135 Å². The number of nitrogens with one attached hydrogen (secondary N) is 3. The summed E-state index contributed by atoms with van der Waals surface area (Å²) in [5.41, 5.74) is 18.3. The van der Waals surface area contributed by atoms with Crippen LogP contribution in [-0.4, -0.2) is 23.8 Å². The highest BCUT2D eigenvalue weighted by Crippen LogP contribution is 2.29. The molecule has 108 valence electrons. The van der Waals surface area contributed by atoms with Crippen LogP contribution in [0.25, 0.3) is 0 Å². The minimum absolute atomic E-state index is 0.165. The molecule has 1 fully saturated rings. The SMILES string of the molecule is CC[C@H]1C/C(=N\NC(N)=O)[C@@H](NNC(N)=O)[C@@H](C)C1. The molecule has 0 aromatic carbocycles. The molecular weight excluding hydrogens is 248 g/mol. The zero-order valence-corrected chi connectivity index (χ0v) is 11.3. The largest absolute Gasteiger partial charge is 0.351 e. The molecule has 8 heteroatoms. The van der Waals surface area contributed by atoms with Gasteiger partial charge in [-0.15, -0.1) is 0 Å². The second-order valence-electron chi connectivity index (χ2n) is 4.88. The monoisotopic (exact) mass is 270 g/mol. The number of amides is 4. The summed E-state index contributed by atoms with van der Waals surface area (Å²) in [5, 5.41) is 4.03. The van der Waals surface area contributed by atoms with Crippen molar-refractivity contribution in [3.8, 4) is 0 Å². The molecule has 0 unspecified atom stereocenters. The second-order valence-corrected chi connectivity index (χ2v) is 4.88. The molecule has 1 saturated carbocycles. The van der Waals surface area contributed by atoms with E-state index in [1.54, 1.807) is 0 Å². The number of nitrogens with zero attached hydrogens (tertiary/aromatic N) is 1. The number of urea groups is 2. The van der Waals surface area contributed by atoms with Crippen molar-refractivity contribution in [1.82, 2.24) is 16.3 Å². The van der Waals surface area contributed by atoms with Gasteiger partial charge in [0.15, 0.2) is 0 Å². The first-order valence-corrected chi connectivity index (χ1v) is 6.36. The lowest BCUT2D eigenvalue weighted by Crippen LogP contribution is -2.55. The van der Waals surface area contributed by atoms with Gasteiger partial charge in [-0.25, -0.2) is 20.4 Å². The number of primary amides is 2. The van der Waals surface area contributed by atoms with Crippen LogP contribution in [0.1, 0.15) is 33.1 Å². The normalized spacial score (nSPS) is 28.9. The van der Waals surface area contributed by atoms with E-state index >= 15 is 0 Å². The van der Waals surface area contributed by atoms with Gasteiger partial charge in [0.05, 0.1) is 11.8 Å². The van der Waals surface area contributed by atoms with E-state index in [9.17, 15) is 9.59 Å². The summed E-state index contributed by atoms with van der Waals surface area (Å²) in [4.78, 5) is 21.5. The third-order valence-electron chi connectivity index (χ3n) is 3.37. The van der Waals surface area contributed by atoms with E-state index in [1.165, 1.54) is 0 Å². The van der Waals surface area contributed by atoms with Crippen LogP contribution in [-0.2, 0) is 0 Å². The van der Waals surface area contributed by atoms with Crippen molar-refractivity contribution < 1.29 is 9.59 Å². The Bertz CT molecular complexity index is 370. The number of carbonyl (C=O) groups excluding carboxylic acids is 2. The maximum Gasteiger partial charge on any atom is 0.332 e. The second kappa shape index (κ2) is 6.93. The lowest BCUT2D eigenvalue weighted by atomic mass is 9.77. The third kappa shape index (κ3) is 4.74. The molecule has 8 nitrogen and oxygen atoms in total. The average molecular weight is 270 g/mol. The summed E-state index contributed by atoms with van der Waals surface area (Å²) < 4.78 is 0. The highest BCUT2D eigenvalue weighted by Gasteiger charge is 2.32. The highest BCUT2D eigenvalue weighted by atomic mass is 16.2. The predicted octanol–water partition coefficient (Wildman–Crippen LogP) is 0.00830. The fraction of sp³-hybridized carbons (Fsp3) is 0.727. The van der Waals surface area contributed by atoms with Crippen LogP contribution in [0.2, 0.25) is 0 Å². The molecular formula is C11H22N6O2. The Morgan fingerprint density at radius 1 is 1.37 bits per heavy atom. The molecule has 19 heavy (non-hydrogen) atoms. The number of rotatable bonds is 4. The van der Waals surface area contributed by atoms with Crippen molar-refractivity contribution in [1.29, 1.82) is 0 Å². The molecule has 1 aliphatic rings. The van der Waals surface area contributed by atoms with E-state index in [2.05, 4.69) is 35.2 Å². The van der Waals surface area contributed by atoms with Crippen LogP contribution in [0.5, 0.6) is 0 Å². The number of hydrazine groups is 1. The molecule has 3 atom stereocenters. The van der Waals surface area contributed by atoms with Gasteiger partial charge in [-0.1, -0.05) is 20.3 Å². The third-order valence-corrected chi connectivity index (χ3v) is 3.37. The van der Waals surface area contributed by atoms with Crippen LogP contribution in [0.3, 0.4) is 0 Å². The highest BCUT2D eigenvalue weighted by molar-refractivity contribution is 5.91. The molecule has 0 radical (unpaired) electrons. The van der Waals surface area contributed by atoms with Gasteiger partial charge in [0.1, 0.15) is 0 Å². The first kappa shape index (κ1) is 15.2. The van der Waals surface area contributed by atoms with Gasteiger partial charge in [0.25, 0.3) is 0 Å². The summed E-state index contributed by atoms with van der Waals surface area (Å²) in [5.74, 6) is 0.772. The summed E-state index contributed by atoms with van der Waals surface area (Å²) in [6.07, 6.45) is 2.80. The van der Waals surface area contributed by atoms with Crippen molar-refractivity contribution in [2.45, 2.75) is 39.2 Å². The van der Waals surface area contributed by atoms with Crippen LogP contribution >= 0.6 is 0 Å². The molecule has 0 aromatic heterocycles. The van der Waals surface area contributed by atoms with E-state index in [-0.39, 0.29) is 12.0 Å². The van der Waals surface area contributed by atoms with Crippen LogP contribution in [0.4, 0.5) is 9.59 Å². The maximum absolute atomic E-state index is 10.8. The van der Waals surface area contributed by atoms with Gasteiger partial charge in [0.2, 0.25) is 0 Å². The van der Waals surface area contributed by atoms with Crippen molar-refractivity contribution >= 4 is 17.8 Å².